The summed E-state index contributed by atoms with van der Waals surface area (Å²) in [4.78, 5) is 29.8. The van der Waals surface area contributed by atoms with Crippen molar-refractivity contribution in [3.8, 4) is 5.75 Å². The molecule has 2 aromatic rings. The minimum Gasteiger partial charge on any atom is -0.477 e. The van der Waals surface area contributed by atoms with Crippen LogP contribution < -0.4 is 20.7 Å². The number of hydrogen-bond donors (Lipinski definition) is 2. The molecule has 0 aliphatic carbocycles. The third-order valence-electron chi connectivity index (χ3n) is 3.81. The molecule has 10 heteroatoms. The molecule has 3 rings (SSSR count). The maximum absolute atomic E-state index is 12.8. The molecule has 2 heterocycles. The quantitative estimate of drug-likeness (QED) is 0.852. The second kappa shape index (κ2) is 6.78. The summed E-state index contributed by atoms with van der Waals surface area (Å²) >= 11 is 0. The number of carbonyl (C=O) groups excluding carboxylic acids is 2. The lowest BCUT2D eigenvalue weighted by Crippen LogP contribution is -2.48. The number of benzene rings is 1. The number of rotatable bonds is 3. The van der Waals surface area contributed by atoms with Crippen LogP contribution in [0.25, 0.3) is 0 Å². The van der Waals surface area contributed by atoms with Gasteiger partial charge in [-0.2, -0.15) is 13.2 Å². The third-order valence-corrected chi connectivity index (χ3v) is 3.81. The standard InChI is InChI=1S/C17H15F3N4O3/c1-9-16(26)24(15-12(27-9)5-6-13(21)23-15)8-14(25)22-11-4-2-3-10(7-11)17(18,19)20/h2-7,9H,8H2,1H3,(H2,21,23)(H,22,25). The van der Waals surface area contributed by atoms with Gasteiger partial charge in [-0.3, -0.25) is 14.5 Å². The molecule has 142 valence electrons. The van der Waals surface area contributed by atoms with Crippen molar-refractivity contribution in [1.82, 2.24) is 4.98 Å². The van der Waals surface area contributed by atoms with Crippen LogP contribution >= 0.6 is 0 Å². The molecule has 7 nitrogen and oxygen atoms in total. The van der Waals surface area contributed by atoms with Gasteiger partial charge in [-0.25, -0.2) is 4.98 Å². The molecule has 0 spiro atoms. The zero-order valence-corrected chi connectivity index (χ0v) is 14.1. The molecule has 0 saturated heterocycles. The number of hydrogen-bond acceptors (Lipinski definition) is 5. The number of amides is 2. The first-order chi connectivity index (χ1) is 12.6. The van der Waals surface area contributed by atoms with Crippen molar-refractivity contribution in [3.05, 3.63) is 42.0 Å². The number of carbonyl (C=O) groups is 2. The van der Waals surface area contributed by atoms with Gasteiger partial charge in [0, 0.05) is 5.69 Å². The minimum atomic E-state index is -4.53. The Labute approximate surface area is 151 Å². The number of nitrogen functional groups attached to an aromatic ring is 1. The zero-order valence-electron chi connectivity index (χ0n) is 14.1. The van der Waals surface area contributed by atoms with Crippen LogP contribution in [0.5, 0.6) is 5.75 Å². The Morgan fingerprint density at radius 1 is 1.33 bits per heavy atom. The lowest BCUT2D eigenvalue weighted by molar-refractivity contribution is -0.137. The average molecular weight is 380 g/mol. The van der Waals surface area contributed by atoms with E-state index in [1.165, 1.54) is 31.2 Å². The highest BCUT2D eigenvalue weighted by molar-refractivity contribution is 6.05. The van der Waals surface area contributed by atoms with Gasteiger partial charge in [-0.05, 0) is 37.3 Å². The van der Waals surface area contributed by atoms with E-state index in [1.54, 1.807) is 0 Å². The van der Waals surface area contributed by atoms with Crippen LogP contribution in [-0.2, 0) is 15.8 Å². The molecule has 0 saturated carbocycles. The Morgan fingerprint density at radius 3 is 2.78 bits per heavy atom. The molecule has 3 N–H and O–H groups in total. The van der Waals surface area contributed by atoms with Gasteiger partial charge in [0.1, 0.15) is 12.4 Å². The van der Waals surface area contributed by atoms with Gasteiger partial charge in [-0.15, -0.1) is 0 Å². The number of alkyl halides is 3. The van der Waals surface area contributed by atoms with Crippen LogP contribution in [0.1, 0.15) is 12.5 Å². The van der Waals surface area contributed by atoms with E-state index in [-0.39, 0.29) is 23.1 Å². The highest BCUT2D eigenvalue weighted by atomic mass is 19.4. The highest BCUT2D eigenvalue weighted by Gasteiger charge is 2.34. The Morgan fingerprint density at radius 2 is 2.07 bits per heavy atom. The second-order valence-corrected chi connectivity index (χ2v) is 5.87. The number of pyridine rings is 1. The van der Waals surface area contributed by atoms with Crippen molar-refractivity contribution >= 4 is 29.1 Å². The van der Waals surface area contributed by atoms with Gasteiger partial charge in [0.2, 0.25) is 5.91 Å². The molecule has 27 heavy (non-hydrogen) atoms. The lowest BCUT2D eigenvalue weighted by Gasteiger charge is -2.31. The molecule has 1 aliphatic heterocycles. The lowest BCUT2D eigenvalue weighted by atomic mass is 10.2. The van der Waals surface area contributed by atoms with Gasteiger partial charge in [0.15, 0.2) is 17.7 Å². The van der Waals surface area contributed by atoms with E-state index in [1.807, 2.05) is 0 Å². The zero-order chi connectivity index (χ0) is 19.8. The van der Waals surface area contributed by atoms with Crippen LogP contribution in [0.15, 0.2) is 36.4 Å². The first-order valence-electron chi connectivity index (χ1n) is 7.87. The Hall–Kier alpha value is -3.30. The van der Waals surface area contributed by atoms with Gasteiger partial charge in [0.05, 0.1) is 5.56 Å². The number of halogens is 3. The number of fused-ring (bicyclic) bond motifs is 1. The molecule has 0 bridgehead atoms. The summed E-state index contributed by atoms with van der Waals surface area (Å²) in [6.45, 7) is 1.06. The SMILES string of the molecule is CC1Oc2ccc(N)nc2N(CC(=O)Nc2cccc(C(F)(F)F)c2)C1=O. The molecule has 0 fully saturated rings. The summed E-state index contributed by atoms with van der Waals surface area (Å²) in [5, 5.41) is 2.35. The Bertz CT molecular complexity index is 901. The van der Waals surface area contributed by atoms with Crippen LogP contribution in [0.3, 0.4) is 0 Å². The molecule has 1 aromatic carbocycles. The number of nitrogens with one attached hydrogen (secondary N) is 1. The molecule has 1 aliphatic rings. The molecule has 2 amide bonds. The molecular formula is C17H15F3N4O3. The van der Waals surface area contributed by atoms with Gasteiger partial charge in [0.25, 0.3) is 5.91 Å². The van der Waals surface area contributed by atoms with E-state index in [4.69, 9.17) is 10.5 Å². The molecule has 1 aromatic heterocycles. The van der Waals surface area contributed by atoms with Crippen molar-refractivity contribution in [2.75, 3.05) is 22.5 Å². The fourth-order valence-electron chi connectivity index (χ4n) is 2.57. The van der Waals surface area contributed by atoms with Crippen molar-refractivity contribution in [1.29, 1.82) is 0 Å². The Balaban J connectivity index is 1.80. The normalized spacial score (nSPS) is 16.5. The fraction of sp³-hybridized carbons (Fsp3) is 0.235. The minimum absolute atomic E-state index is 0.0376. The van der Waals surface area contributed by atoms with Crippen LogP contribution in [0.2, 0.25) is 0 Å². The molecule has 0 radical (unpaired) electrons. The molecular weight excluding hydrogens is 365 g/mol. The molecule has 1 unspecified atom stereocenters. The van der Waals surface area contributed by atoms with E-state index in [9.17, 15) is 22.8 Å². The van der Waals surface area contributed by atoms with Crippen LogP contribution in [0, 0.1) is 0 Å². The van der Waals surface area contributed by atoms with Gasteiger partial charge >= 0.3 is 6.18 Å². The first kappa shape index (κ1) is 18.5. The van der Waals surface area contributed by atoms with Crippen molar-refractivity contribution in [3.63, 3.8) is 0 Å². The van der Waals surface area contributed by atoms with Crippen LogP contribution in [0.4, 0.5) is 30.5 Å². The largest absolute Gasteiger partial charge is 0.477 e. The van der Waals surface area contributed by atoms with E-state index < -0.39 is 36.2 Å². The third kappa shape index (κ3) is 3.94. The summed E-state index contributed by atoms with van der Waals surface area (Å²) in [7, 11) is 0. The smallest absolute Gasteiger partial charge is 0.416 e. The topological polar surface area (TPSA) is 97.6 Å². The van der Waals surface area contributed by atoms with Gasteiger partial charge < -0.3 is 15.8 Å². The Kier molecular flexibility index (Phi) is 4.64. The summed E-state index contributed by atoms with van der Waals surface area (Å²) in [6.07, 6.45) is -5.37. The van der Waals surface area contributed by atoms with Crippen molar-refractivity contribution < 1.29 is 27.5 Å². The summed E-state index contributed by atoms with van der Waals surface area (Å²) < 4.78 is 43.7. The number of nitrogens with two attached hydrogens (primary N) is 1. The average Bonchev–Trinajstić information content (AvgIpc) is 2.59. The highest BCUT2D eigenvalue weighted by Crippen LogP contribution is 2.33. The number of nitrogens with zero attached hydrogens (tertiary/aromatic N) is 2. The van der Waals surface area contributed by atoms with Crippen molar-refractivity contribution in [2.45, 2.75) is 19.2 Å². The monoisotopic (exact) mass is 380 g/mol. The van der Waals surface area contributed by atoms with E-state index in [0.717, 1.165) is 17.0 Å². The summed E-state index contributed by atoms with van der Waals surface area (Å²) in [5.41, 5.74) is 4.69. The van der Waals surface area contributed by atoms with Crippen molar-refractivity contribution in [2.24, 2.45) is 0 Å². The van der Waals surface area contributed by atoms with E-state index in [2.05, 4.69) is 10.3 Å². The number of aromatic nitrogens is 1. The summed E-state index contributed by atoms with van der Waals surface area (Å²) in [6, 6.07) is 7.22. The van der Waals surface area contributed by atoms with E-state index >= 15 is 0 Å². The number of anilines is 3. The van der Waals surface area contributed by atoms with Crippen LogP contribution in [-0.4, -0.2) is 29.4 Å². The fourth-order valence-corrected chi connectivity index (χ4v) is 2.57. The second-order valence-electron chi connectivity index (χ2n) is 5.87. The summed E-state index contributed by atoms with van der Waals surface area (Å²) in [5.74, 6) is -0.713. The van der Waals surface area contributed by atoms with Gasteiger partial charge in [-0.1, -0.05) is 6.07 Å². The first-order valence-corrected chi connectivity index (χ1v) is 7.87. The maximum atomic E-state index is 12.8. The predicted octanol–water partition coefficient (Wildman–Crippen LogP) is 2.44. The number of ether oxygens (including phenoxy) is 1. The maximum Gasteiger partial charge on any atom is 0.416 e. The predicted molar refractivity (Wildman–Crippen MR) is 91.2 cm³/mol. The van der Waals surface area contributed by atoms with E-state index in [0.29, 0.717) is 0 Å². The molecule has 1 atom stereocenters.